The first-order valence-corrected chi connectivity index (χ1v) is 12.2. The second-order valence-corrected chi connectivity index (χ2v) is 9.03. The minimum Gasteiger partial charge on any atom is -0.490 e. The van der Waals surface area contributed by atoms with Gasteiger partial charge in [-0.05, 0) is 72.9 Å². The summed E-state index contributed by atoms with van der Waals surface area (Å²) in [4.78, 5) is 6.62. The topological polar surface area (TPSA) is 51.6 Å². The van der Waals surface area contributed by atoms with E-state index in [1.165, 1.54) is 12.1 Å². The SMILES string of the molecule is COCCOc1ccc(N2C(=S)NC(c3ccccn3)C2c2cccn2-c2cccc(F)c2)cc1Cl. The lowest BCUT2D eigenvalue weighted by Gasteiger charge is -2.29. The quantitative estimate of drug-likeness (QED) is 0.231. The maximum absolute atomic E-state index is 14.1. The third-order valence-electron chi connectivity index (χ3n) is 6.01. The van der Waals surface area contributed by atoms with E-state index in [2.05, 4.69) is 10.3 Å². The standard InChI is InChI=1S/C27H24ClFN4O2S/c1-34-14-15-35-24-11-10-20(17-21(24)28)33-26(25(31-27(33)36)22-8-2-3-12-30-22)23-9-5-13-32(23)19-7-4-6-18(29)16-19/h2-13,16-17,25-26H,14-15H2,1H3,(H,31,36). The van der Waals surface area contributed by atoms with Crippen LogP contribution in [0.1, 0.15) is 23.5 Å². The van der Waals surface area contributed by atoms with Crippen LogP contribution in [0.2, 0.25) is 5.02 Å². The normalized spacial score (nSPS) is 17.3. The molecule has 1 N–H and O–H groups in total. The summed E-state index contributed by atoms with van der Waals surface area (Å²) in [6.07, 6.45) is 3.67. The van der Waals surface area contributed by atoms with Crippen molar-refractivity contribution in [2.24, 2.45) is 0 Å². The number of pyridine rings is 1. The van der Waals surface area contributed by atoms with Gasteiger partial charge in [-0.25, -0.2) is 4.39 Å². The smallest absolute Gasteiger partial charge is 0.174 e. The van der Waals surface area contributed by atoms with Gasteiger partial charge in [0.15, 0.2) is 5.11 Å². The van der Waals surface area contributed by atoms with Crippen LogP contribution in [0.5, 0.6) is 5.75 Å². The Labute approximate surface area is 219 Å². The summed E-state index contributed by atoms with van der Waals surface area (Å²) in [5, 5.41) is 4.44. The van der Waals surface area contributed by atoms with Crippen LogP contribution in [0.3, 0.4) is 0 Å². The highest BCUT2D eigenvalue weighted by Crippen LogP contribution is 2.43. The van der Waals surface area contributed by atoms with E-state index in [-0.39, 0.29) is 17.9 Å². The molecule has 5 rings (SSSR count). The van der Waals surface area contributed by atoms with Crippen molar-refractivity contribution in [3.63, 3.8) is 0 Å². The largest absolute Gasteiger partial charge is 0.490 e. The number of nitrogens with zero attached hydrogens (tertiary/aromatic N) is 3. The number of hydrogen-bond acceptors (Lipinski definition) is 4. The van der Waals surface area contributed by atoms with Gasteiger partial charge in [-0.1, -0.05) is 23.7 Å². The Morgan fingerprint density at radius 3 is 2.67 bits per heavy atom. The Balaban J connectivity index is 1.59. The molecule has 1 saturated heterocycles. The molecule has 0 saturated carbocycles. The van der Waals surface area contributed by atoms with E-state index >= 15 is 0 Å². The highest BCUT2D eigenvalue weighted by atomic mass is 35.5. The molecule has 4 aromatic rings. The van der Waals surface area contributed by atoms with E-state index in [0.29, 0.717) is 34.8 Å². The van der Waals surface area contributed by atoms with Crippen molar-refractivity contribution in [3.05, 3.63) is 107 Å². The van der Waals surface area contributed by atoms with E-state index in [1.54, 1.807) is 19.4 Å². The van der Waals surface area contributed by atoms with Gasteiger partial charge in [0.1, 0.15) is 24.2 Å². The summed E-state index contributed by atoms with van der Waals surface area (Å²) in [7, 11) is 1.62. The molecule has 0 radical (unpaired) electrons. The van der Waals surface area contributed by atoms with Crippen molar-refractivity contribution in [1.82, 2.24) is 14.9 Å². The van der Waals surface area contributed by atoms with Gasteiger partial charge in [-0.15, -0.1) is 0 Å². The molecule has 184 valence electrons. The first-order chi connectivity index (χ1) is 17.6. The summed E-state index contributed by atoms with van der Waals surface area (Å²) in [5.74, 6) is 0.262. The molecule has 2 aromatic heterocycles. The molecule has 0 bridgehead atoms. The van der Waals surface area contributed by atoms with Crippen LogP contribution in [-0.4, -0.2) is 35.0 Å². The molecule has 0 aliphatic carbocycles. The number of methoxy groups -OCH3 is 1. The van der Waals surface area contributed by atoms with Gasteiger partial charge in [-0.3, -0.25) is 4.98 Å². The maximum atomic E-state index is 14.1. The van der Waals surface area contributed by atoms with E-state index < -0.39 is 0 Å². The number of thiocarbonyl (C=S) groups is 1. The highest BCUT2D eigenvalue weighted by molar-refractivity contribution is 7.80. The van der Waals surface area contributed by atoms with E-state index in [9.17, 15) is 4.39 Å². The lowest BCUT2D eigenvalue weighted by Crippen LogP contribution is -2.30. The zero-order valence-electron chi connectivity index (χ0n) is 19.5. The molecule has 2 aromatic carbocycles. The molecule has 2 unspecified atom stereocenters. The number of rotatable bonds is 8. The second-order valence-electron chi connectivity index (χ2n) is 8.24. The van der Waals surface area contributed by atoms with Gasteiger partial charge in [-0.2, -0.15) is 0 Å². The molecular weight excluding hydrogens is 499 g/mol. The van der Waals surface area contributed by atoms with Crippen LogP contribution in [-0.2, 0) is 4.74 Å². The summed E-state index contributed by atoms with van der Waals surface area (Å²) < 4.78 is 26.9. The first-order valence-electron chi connectivity index (χ1n) is 11.4. The summed E-state index contributed by atoms with van der Waals surface area (Å²) in [6.45, 7) is 0.855. The van der Waals surface area contributed by atoms with Crippen LogP contribution in [0, 0.1) is 5.82 Å². The molecule has 0 amide bonds. The van der Waals surface area contributed by atoms with Crippen LogP contribution in [0.25, 0.3) is 5.69 Å². The van der Waals surface area contributed by atoms with Crippen LogP contribution < -0.4 is 15.0 Å². The first kappa shape index (κ1) is 24.2. The Morgan fingerprint density at radius 1 is 1.03 bits per heavy atom. The van der Waals surface area contributed by atoms with Crippen LogP contribution >= 0.6 is 23.8 Å². The average Bonchev–Trinajstić information content (AvgIpc) is 3.50. The van der Waals surface area contributed by atoms with Gasteiger partial charge < -0.3 is 24.3 Å². The zero-order chi connectivity index (χ0) is 25.1. The van der Waals surface area contributed by atoms with E-state index in [1.807, 2.05) is 70.3 Å². The van der Waals surface area contributed by atoms with Gasteiger partial charge in [0.2, 0.25) is 0 Å². The van der Waals surface area contributed by atoms with Gasteiger partial charge >= 0.3 is 0 Å². The van der Waals surface area contributed by atoms with Crippen LogP contribution in [0.15, 0.2) is 85.2 Å². The molecule has 1 aliphatic heterocycles. The van der Waals surface area contributed by atoms with Gasteiger partial charge in [0, 0.05) is 36.6 Å². The Hall–Kier alpha value is -3.46. The fraction of sp³-hybridized carbons (Fsp3) is 0.185. The molecule has 0 spiro atoms. The molecule has 2 atom stereocenters. The van der Waals surface area contributed by atoms with Crippen molar-refractivity contribution in [3.8, 4) is 11.4 Å². The fourth-order valence-corrected chi connectivity index (χ4v) is 5.00. The van der Waals surface area contributed by atoms with Crippen molar-refractivity contribution < 1.29 is 13.9 Å². The predicted octanol–water partition coefficient (Wildman–Crippen LogP) is 5.87. The molecular formula is C27H24ClFN4O2S. The zero-order valence-corrected chi connectivity index (χ0v) is 21.0. The molecule has 3 heterocycles. The van der Waals surface area contributed by atoms with Crippen LogP contribution in [0.4, 0.5) is 10.1 Å². The lowest BCUT2D eigenvalue weighted by molar-refractivity contribution is 0.146. The monoisotopic (exact) mass is 522 g/mol. The van der Waals surface area contributed by atoms with E-state index in [0.717, 1.165) is 17.1 Å². The fourth-order valence-electron chi connectivity index (χ4n) is 4.42. The average molecular weight is 523 g/mol. The number of aromatic nitrogens is 2. The second kappa shape index (κ2) is 10.7. The van der Waals surface area contributed by atoms with Crippen molar-refractivity contribution in [1.29, 1.82) is 0 Å². The molecule has 1 fully saturated rings. The summed E-state index contributed by atoms with van der Waals surface area (Å²) >= 11 is 12.4. The number of benzene rings is 2. The minimum absolute atomic E-state index is 0.252. The van der Waals surface area contributed by atoms with Crippen molar-refractivity contribution in [2.75, 3.05) is 25.2 Å². The molecule has 6 nitrogen and oxygen atoms in total. The minimum atomic E-state index is -0.304. The third kappa shape index (κ3) is 4.80. The summed E-state index contributed by atoms with van der Waals surface area (Å²) in [5.41, 5.74) is 3.27. The predicted molar refractivity (Wildman–Crippen MR) is 142 cm³/mol. The number of ether oxygens (including phenoxy) is 2. The molecule has 1 aliphatic rings. The lowest BCUT2D eigenvalue weighted by atomic mass is 10.0. The maximum Gasteiger partial charge on any atom is 0.174 e. The highest BCUT2D eigenvalue weighted by Gasteiger charge is 2.42. The summed E-state index contributed by atoms with van der Waals surface area (Å²) in [6, 6.07) is 21.3. The molecule has 36 heavy (non-hydrogen) atoms. The number of anilines is 1. The Kier molecular flexibility index (Phi) is 7.18. The van der Waals surface area contributed by atoms with Crippen molar-refractivity contribution in [2.45, 2.75) is 12.1 Å². The number of halogens is 2. The number of nitrogens with one attached hydrogen (secondary N) is 1. The molecule has 9 heteroatoms. The Bertz CT molecular complexity index is 1370. The Morgan fingerprint density at radius 2 is 1.92 bits per heavy atom. The van der Waals surface area contributed by atoms with Gasteiger partial charge in [0.05, 0.1) is 23.4 Å². The third-order valence-corrected chi connectivity index (χ3v) is 6.62. The van der Waals surface area contributed by atoms with E-state index in [4.69, 9.17) is 33.3 Å². The number of hydrogen-bond donors (Lipinski definition) is 1. The van der Waals surface area contributed by atoms with Crippen molar-refractivity contribution >= 4 is 34.6 Å². The van der Waals surface area contributed by atoms with Gasteiger partial charge in [0.25, 0.3) is 0 Å².